The standard InChI is InChI=1S/C27H21F7O2/c1-3-5-6-15-7-8-16(19(28)13-15)14-36-21-12-10-18-17-9-11-20(35-4-2)24(29)22(17)26(31,32)27(33,34)23(18)25(21)30/h3,7-13H,1,4-6,14H2,2H3. The van der Waals surface area contributed by atoms with Crippen LogP contribution < -0.4 is 9.47 Å². The van der Waals surface area contributed by atoms with Crippen molar-refractivity contribution in [2.45, 2.75) is 38.2 Å². The van der Waals surface area contributed by atoms with E-state index in [9.17, 15) is 17.6 Å². The molecule has 0 saturated carbocycles. The molecule has 4 rings (SSSR count). The van der Waals surface area contributed by atoms with Gasteiger partial charge in [0, 0.05) is 5.56 Å². The Morgan fingerprint density at radius 3 is 1.86 bits per heavy atom. The second-order valence-corrected chi connectivity index (χ2v) is 8.22. The number of ether oxygens (including phenoxy) is 2. The number of rotatable bonds is 8. The van der Waals surface area contributed by atoms with E-state index in [0.717, 1.165) is 24.3 Å². The van der Waals surface area contributed by atoms with Gasteiger partial charge in [-0.15, -0.1) is 6.58 Å². The molecule has 0 aliphatic heterocycles. The minimum atomic E-state index is -5.11. The van der Waals surface area contributed by atoms with E-state index >= 15 is 13.2 Å². The highest BCUT2D eigenvalue weighted by Gasteiger charge is 2.65. The van der Waals surface area contributed by atoms with E-state index in [1.54, 1.807) is 12.1 Å². The van der Waals surface area contributed by atoms with Crippen molar-refractivity contribution in [2.24, 2.45) is 0 Å². The Balaban J connectivity index is 1.73. The summed E-state index contributed by atoms with van der Waals surface area (Å²) in [6.07, 6.45) is 2.87. The van der Waals surface area contributed by atoms with E-state index in [-0.39, 0.29) is 12.2 Å². The summed E-state index contributed by atoms with van der Waals surface area (Å²) in [6.45, 7) is 4.45. The van der Waals surface area contributed by atoms with Crippen LogP contribution in [0.4, 0.5) is 30.7 Å². The molecule has 0 fully saturated rings. The lowest BCUT2D eigenvalue weighted by Gasteiger charge is -2.35. The van der Waals surface area contributed by atoms with Crippen molar-refractivity contribution in [3.63, 3.8) is 0 Å². The van der Waals surface area contributed by atoms with Gasteiger partial charge in [0.2, 0.25) is 0 Å². The molecule has 0 saturated heterocycles. The highest BCUT2D eigenvalue weighted by atomic mass is 19.3. The van der Waals surface area contributed by atoms with Gasteiger partial charge in [-0.25, -0.2) is 13.2 Å². The monoisotopic (exact) mass is 510 g/mol. The van der Waals surface area contributed by atoms with Crippen molar-refractivity contribution in [2.75, 3.05) is 6.61 Å². The van der Waals surface area contributed by atoms with Crippen LogP contribution in [0.2, 0.25) is 0 Å². The molecule has 2 nitrogen and oxygen atoms in total. The molecule has 0 unspecified atom stereocenters. The van der Waals surface area contributed by atoms with Crippen molar-refractivity contribution >= 4 is 0 Å². The second-order valence-electron chi connectivity index (χ2n) is 8.22. The quantitative estimate of drug-likeness (QED) is 0.225. The van der Waals surface area contributed by atoms with Gasteiger partial charge < -0.3 is 9.47 Å². The fourth-order valence-electron chi connectivity index (χ4n) is 4.16. The molecule has 0 atom stereocenters. The number of alkyl halides is 4. The van der Waals surface area contributed by atoms with Gasteiger partial charge in [0.25, 0.3) is 0 Å². The molecule has 0 radical (unpaired) electrons. The van der Waals surface area contributed by atoms with Crippen LogP contribution in [0.25, 0.3) is 11.1 Å². The lowest BCUT2D eigenvalue weighted by Crippen LogP contribution is -2.41. The number of benzene rings is 3. The lowest BCUT2D eigenvalue weighted by atomic mass is 9.79. The smallest absolute Gasteiger partial charge is 0.343 e. The van der Waals surface area contributed by atoms with Gasteiger partial charge in [0.05, 0.1) is 17.7 Å². The lowest BCUT2D eigenvalue weighted by molar-refractivity contribution is -0.228. The minimum Gasteiger partial charge on any atom is -0.491 e. The summed E-state index contributed by atoms with van der Waals surface area (Å²) in [7, 11) is 0. The highest BCUT2D eigenvalue weighted by Crippen LogP contribution is 2.60. The molecule has 0 amide bonds. The van der Waals surface area contributed by atoms with Crippen LogP contribution in [0.3, 0.4) is 0 Å². The molecule has 9 heteroatoms. The zero-order chi connectivity index (χ0) is 26.3. The Labute approximate surface area is 203 Å². The number of halogens is 7. The molecule has 1 aliphatic rings. The average molecular weight is 510 g/mol. The van der Waals surface area contributed by atoms with Crippen LogP contribution in [0, 0.1) is 17.5 Å². The zero-order valence-electron chi connectivity index (χ0n) is 19.1. The van der Waals surface area contributed by atoms with E-state index in [1.165, 1.54) is 19.1 Å². The molecule has 0 spiro atoms. The van der Waals surface area contributed by atoms with Crippen LogP contribution in [-0.4, -0.2) is 6.61 Å². The van der Waals surface area contributed by atoms with E-state index < -0.39 is 69.7 Å². The van der Waals surface area contributed by atoms with Crippen LogP contribution >= 0.6 is 0 Å². The second kappa shape index (κ2) is 9.52. The fourth-order valence-corrected chi connectivity index (χ4v) is 4.16. The SMILES string of the molecule is C=CCCc1ccc(COc2ccc3c(c2F)C(F)(F)C(F)(F)c2c-3ccc(OCC)c2F)c(F)c1. The van der Waals surface area contributed by atoms with Gasteiger partial charge in [-0.2, -0.15) is 17.6 Å². The summed E-state index contributed by atoms with van der Waals surface area (Å²) in [6, 6.07) is 8.21. The first kappa shape index (κ1) is 25.6. The third-order valence-electron chi connectivity index (χ3n) is 5.96. The molecule has 1 aliphatic carbocycles. The molecule has 0 heterocycles. The molecule has 0 bridgehead atoms. The summed E-state index contributed by atoms with van der Waals surface area (Å²) in [5.41, 5.74) is -3.68. The maximum atomic E-state index is 15.2. The van der Waals surface area contributed by atoms with Gasteiger partial charge >= 0.3 is 11.8 Å². The molecule has 3 aromatic rings. The van der Waals surface area contributed by atoms with Crippen molar-refractivity contribution in [1.82, 2.24) is 0 Å². The van der Waals surface area contributed by atoms with Gasteiger partial charge in [0.1, 0.15) is 12.4 Å². The number of aryl methyl sites for hydroxylation is 1. The molecule has 0 aromatic heterocycles. The average Bonchev–Trinajstić information content (AvgIpc) is 2.82. The summed E-state index contributed by atoms with van der Waals surface area (Å²) in [5, 5.41) is 0. The normalized spacial score (nSPS) is 15.1. The van der Waals surface area contributed by atoms with Crippen LogP contribution in [0.15, 0.2) is 55.1 Å². The van der Waals surface area contributed by atoms with Gasteiger partial charge in [-0.3, -0.25) is 0 Å². The molecular weight excluding hydrogens is 489 g/mol. The first-order valence-corrected chi connectivity index (χ1v) is 11.1. The summed E-state index contributed by atoms with van der Waals surface area (Å²) < 4.78 is 115. The largest absolute Gasteiger partial charge is 0.491 e. The summed E-state index contributed by atoms with van der Waals surface area (Å²) in [4.78, 5) is 0. The predicted molar refractivity (Wildman–Crippen MR) is 120 cm³/mol. The Hall–Kier alpha value is -3.49. The number of allylic oxidation sites excluding steroid dienone is 1. The fraction of sp³-hybridized carbons (Fsp3) is 0.259. The van der Waals surface area contributed by atoms with E-state index in [2.05, 4.69) is 6.58 Å². The van der Waals surface area contributed by atoms with Crippen molar-refractivity contribution in [3.8, 4) is 22.6 Å². The van der Waals surface area contributed by atoms with Crippen LogP contribution in [-0.2, 0) is 24.9 Å². The maximum Gasteiger partial charge on any atom is 0.343 e. The molecule has 3 aromatic carbocycles. The number of hydrogen-bond acceptors (Lipinski definition) is 2. The van der Waals surface area contributed by atoms with E-state index in [0.29, 0.717) is 18.4 Å². The minimum absolute atomic E-state index is 0.0161. The van der Waals surface area contributed by atoms with Gasteiger partial charge in [-0.05, 0) is 66.8 Å². The highest BCUT2D eigenvalue weighted by molar-refractivity contribution is 5.78. The Morgan fingerprint density at radius 1 is 0.806 bits per heavy atom. The third-order valence-corrected chi connectivity index (χ3v) is 5.96. The summed E-state index contributed by atoms with van der Waals surface area (Å²) >= 11 is 0. The number of fused-ring (bicyclic) bond motifs is 3. The van der Waals surface area contributed by atoms with Crippen molar-refractivity contribution < 1.29 is 40.2 Å². The Morgan fingerprint density at radius 2 is 1.36 bits per heavy atom. The van der Waals surface area contributed by atoms with Crippen LogP contribution in [0.1, 0.15) is 35.6 Å². The zero-order valence-corrected chi connectivity index (χ0v) is 19.1. The summed E-state index contributed by atoms with van der Waals surface area (Å²) in [5.74, 6) is -15.6. The first-order chi connectivity index (χ1) is 17.0. The van der Waals surface area contributed by atoms with Gasteiger partial charge in [0.15, 0.2) is 23.1 Å². The molecule has 36 heavy (non-hydrogen) atoms. The van der Waals surface area contributed by atoms with Crippen molar-refractivity contribution in [3.05, 3.63) is 94.8 Å². The third kappa shape index (κ3) is 4.10. The maximum absolute atomic E-state index is 15.2. The van der Waals surface area contributed by atoms with Crippen LogP contribution in [0.5, 0.6) is 11.5 Å². The molecular formula is C27H21F7O2. The van der Waals surface area contributed by atoms with E-state index in [4.69, 9.17) is 9.47 Å². The molecule has 0 N–H and O–H groups in total. The predicted octanol–water partition coefficient (Wildman–Crippen LogP) is 8.06. The first-order valence-electron chi connectivity index (χ1n) is 11.1. The van der Waals surface area contributed by atoms with E-state index in [1.807, 2.05) is 0 Å². The Kier molecular flexibility index (Phi) is 6.77. The van der Waals surface area contributed by atoms with Crippen molar-refractivity contribution in [1.29, 1.82) is 0 Å². The Bertz CT molecular complexity index is 1320. The topological polar surface area (TPSA) is 18.5 Å². The number of hydrogen-bond donors (Lipinski definition) is 0. The molecule has 190 valence electrons. The van der Waals surface area contributed by atoms with Gasteiger partial charge in [-0.1, -0.05) is 18.2 Å².